The molecule has 0 bridgehead atoms. The second-order valence-corrected chi connectivity index (χ2v) is 7.37. The highest BCUT2D eigenvalue weighted by molar-refractivity contribution is 7.11. The van der Waals surface area contributed by atoms with Crippen LogP contribution in [0.25, 0.3) is 0 Å². The zero-order chi connectivity index (χ0) is 17.5. The smallest absolute Gasteiger partial charge is 0.191 e. The number of nitrogens with zero attached hydrogens (tertiary/aromatic N) is 5. The molecule has 1 aliphatic rings. The van der Waals surface area contributed by atoms with Crippen LogP contribution < -0.4 is 10.6 Å². The first-order valence-corrected chi connectivity index (χ1v) is 9.91. The quantitative estimate of drug-likeness (QED) is 0.607. The van der Waals surface area contributed by atoms with E-state index in [2.05, 4.69) is 42.3 Å². The van der Waals surface area contributed by atoms with Crippen molar-refractivity contribution in [3.8, 4) is 0 Å². The molecule has 0 aliphatic carbocycles. The normalized spacial score (nSPS) is 14.9. The predicted molar refractivity (Wildman–Crippen MR) is 101 cm³/mol. The molecule has 2 aromatic heterocycles. The maximum Gasteiger partial charge on any atom is 0.191 e. The van der Waals surface area contributed by atoms with Gasteiger partial charge in [-0.25, -0.2) is 4.98 Å². The van der Waals surface area contributed by atoms with Crippen LogP contribution in [0.4, 0.5) is 0 Å². The lowest BCUT2D eigenvalue weighted by molar-refractivity contribution is 0.596. The highest BCUT2D eigenvalue weighted by atomic mass is 32.1. The molecule has 0 aromatic carbocycles. The van der Waals surface area contributed by atoms with Crippen LogP contribution in [0.5, 0.6) is 0 Å². The van der Waals surface area contributed by atoms with Crippen molar-refractivity contribution in [2.45, 2.75) is 58.5 Å². The minimum absolute atomic E-state index is 0.643. The van der Waals surface area contributed by atoms with E-state index in [1.54, 1.807) is 18.4 Å². The molecule has 2 N–H and O–H groups in total. The van der Waals surface area contributed by atoms with Crippen molar-refractivity contribution in [1.82, 2.24) is 30.4 Å². The first kappa shape index (κ1) is 17.8. The molecule has 0 atom stereocenters. The summed E-state index contributed by atoms with van der Waals surface area (Å²) in [5.74, 6) is 2.90. The Bertz CT molecular complexity index is 704. The third-order valence-corrected chi connectivity index (χ3v) is 5.61. The molecule has 25 heavy (non-hydrogen) atoms. The lowest BCUT2D eigenvalue weighted by Crippen LogP contribution is -2.38. The molecule has 2 aromatic rings. The molecule has 3 heterocycles. The molecule has 0 spiro atoms. The molecule has 7 nitrogen and oxygen atoms in total. The van der Waals surface area contributed by atoms with Crippen molar-refractivity contribution in [1.29, 1.82) is 0 Å². The van der Waals surface area contributed by atoms with Crippen LogP contribution >= 0.6 is 11.3 Å². The van der Waals surface area contributed by atoms with Gasteiger partial charge in [-0.2, -0.15) is 0 Å². The fourth-order valence-corrected chi connectivity index (χ4v) is 3.84. The number of rotatable bonds is 6. The Morgan fingerprint density at radius 1 is 1.28 bits per heavy atom. The van der Waals surface area contributed by atoms with Gasteiger partial charge in [0.15, 0.2) is 11.8 Å². The zero-order valence-electron chi connectivity index (χ0n) is 15.1. The molecule has 1 aliphatic heterocycles. The van der Waals surface area contributed by atoms with Crippen LogP contribution in [0.15, 0.2) is 11.2 Å². The van der Waals surface area contributed by atoms with Gasteiger partial charge in [0.2, 0.25) is 0 Å². The Kier molecular flexibility index (Phi) is 6.38. The summed E-state index contributed by atoms with van der Waals surface area (Å²) in [6, 6.07) is 0. The summed E-state index contributed by atoms with van der Waals surface area (Å²) in [4.78, 5) is 10.1. The molecule has 136 valence electrons. The van der Waals surface area contributed by atoms with Gasteiger partial charge in [-0.05, 0) is 19.3 Å². The predicted octanol–water partition coefficient (Wildman–Crippen LogP) is 1.93. The van der Waals surface area contributed by atoms with Crippen LogP contribution in [0.3, 0.4) is 0 Å². The molecular weight excluding hydrogens is 334 g/mol. The lowest BCUT2D eigenvalue weighted by atomic mass is 10.2. The molecular formula is C17H27N7S. The number of guanidine groups is 1. The summed E-state index contributed by atoms with van der Waals surface area (Å²) >= 11 is 1.79. The second-order valence-electron chi connectivity index (χ2n) is 6.17. The Balaban J connectivity index is 1.47. The zero-order valence-corrected chi connectivity index (χ0v) is 15.9. The standard InChI is InChI=1S/C17H27N7S/c1-3-13-11-20-16(25-13)8-9-19-17(18-2)21-12-15-23-22-14-7-5-4-6-10-24(14)15/h11H,3-10,12H2,1-2H3,(H2,18,19,21). The summed E-state index contributed by atoms with van der Waals surface area (Å²) < 4.78 is 2.26. The lowest BCUT2D eigenvalue weighted by Gasteiger charge is -2.12. The largest absolute Gasteiger partial charge is 0.356 e. The van der Waals surface area contributed by atoms with E-state index < -0.39 is 0 Å². The van der Waals surface area contributed by atoms with Crippen molar-refractivity contribution >= 4 is 17.3 Å². The summed E-state index contributed by atoms with van der Waals surface area (Å²) in [7, 11) is 1.79. The molecule has 0 saturated carbocycles. The number of aromatic nitrogens is 4. The van der Waals surface area contributed by atoms with Gasteiger partial charge in [0.05, 0.1) is 11.6 Å². The fourth-order valence-electron chi connectivity index (χ4n) is 2.97. The molecule has 0 saturated heterocycles. The highest BCUT2D eigenvalue weighted by Gasteiger charge is 2.14. The SMILES string of the molecule is CCc1cnc(CCNC(=NC)NCc2nnc3n2CCCCC3)s1. The second kappa shape index (κ2) is 8.94. The van der Waals surface area contributed by atoms with E-state index in [0.717, 1.165) is 50.0 Å². The van der Waals surface area contributed by atoms with Gasteiger partial charge in [-0.1, -0.05) is 13.3 Å². The van der Waals surface area contributed by atoms with Crippen molar-refractivity contribution in [2.24, 2.45) is 4.99 Å². The van der Waals surface area contributed by atoms with E-state index in [-0.39, 0.29) is 0 Å². The van der Waals surface area contributed by atoms with Gasteiger partial charge >= 0.3 is 0 Å². The van der Waals surface area contributed by atoms with Gasteiger partial charge in [0.1, 0.15) is 5.82 Å². The summed E-state index contributed by atoms with van der Waals surface area (Å²) in [5.41, 5.74) is 0. The molecule has 8 heteroatoms. The van der Waals surface area contributed by atoms with E-state index in [1.807, 2.05) is 6.20 Å². The number of fused-ring (bicyclic) bond motifs is 1. The number of aliphatic imine (C=N–C) groups is 1. The van der Waals surface area contributed by atoms with Gasteiger partial charge < -0.3 is 15.2 Å². The van der Waals surface area contributed by atoms with E-state index in [1.165, 1.54) is 29.1 Å². The van der Waals surface area contributed by atoms with Crippen LogP contribution in [-0.4, -0.2) is 39.3 Å². The van der Waals surface area contributed by atoms with Crippen LogP contribution in [0, 0.1) is 0 Å². The number of thiazole rings is 1. The maximum absolute atomic E-state index is 4.45. The Morgan fingerprint density at radius 2 is 2.20 bits per heavy atom. The third kappa shape index (κ3) is 4.78. The fraction of sp³-hybridized carbons (Fsp3) is 0.647. The van der Waals surface area contributed by atoms with Gasteiger partial charge in [-0.15, -0.1) is 21.5 Å². The average molecular weight is 362 g/mol. The van der Waals surface area contributed by atoms with E-state index in [4.69, 9.17) is 0 Å². The molecule has 0 amide bonds. The highest BCUT2D eigenvalue weighted by Crippen LogP contribution is 2.14. The Hall–Kier alpha value is -1.96. The topological polar surface area (TPSA) is 80.0 Å². The van der Waals surface area contributed by atoms with E-state index >= 15 is 0 Å². The van der Waals surface area contributed by atoms with Crippen LogP contribution in [-0.2, 0) is 32.4 Å². The monoisotopic (exact) mass is 361 g/mol. The Morgan fingerprint density at radius 3 is 3.00 bits per heavy atom. The third-order valence-electron chi connectivity index (χ3n) is 4.40. The molecule has 0 fully saturated rings. The number of nitrogens with one attached hydrogen (secondary N) is 2. The minimum Gasteiger partial charge on any atom is -0.356 e. The number of hydrogen-bond donors (Lipinski definition) is 2. The van der Waals surface area contributed by atoms with Gasteiger partial charge in [0, 0.05) is 44.1 Å². The van der Waals surface area contributed by atoms with Crippen LogP contribution in [0.2, 0.25) is 0 Å². The minimum atomic E-state index is 0.643. The maximum atomic E-state index is 4.45. The van der Waals surface area contributed by atoms with E-state index in [0.29, 0.717) is 6.54 Å². The van der Waals surface area contributed by atoms with E-state index in [9.17, 15) is 0 Å². The van der Waals surface area contributed by atoms with Gasteiger partial charge in [0.25, 0.3) is 0 Å². The van der Waals surface area contributed by atoms with Crippen molar-refractivity contribution < 1.29 is 0 Å². The van der Waals surface area contributed by atoms with Gasteiger partial charge in [-0.3, -0.25) is 4.99 Å². The molecule has 3 rings (SSSR count). The molecule has 0 unspecified atom stereocenters. The van der Waals surface area contributed by atoms with Crippen molar-refractivity contribution in [3.05, 3.63) is 27.7 Å². The van der Waals surface area contributed by atoms with Crippen molar-refractivity contribution in [3.63, 3.8) is 0 Å². The van der Waals surface area contributed by atoms with Crippen molar-refractivity contribution in [2.75, 3.05) is 13.6 Å². The number of hydrogen-bond acceptors (Lipinski definition) is 5. The first-order valence-electron chi connectivity index (χ1n) is 9.09. The van der Waals surface area contributed by atoms with Crippen LogP contribution in [0.1, 0.15) is 47.7 Å². The molecule has 0 radical (unpaired) electrons. The first-order chi connectivity index (χ1) is 12.3. The summed E-state index contributed by atoms with van der Waals surface area (Å²) in [6.07, 6.45) is 8.67. The number of aryl methyl sites for hydroxylation is 2. The summed E-state index contributed by atoms with van der Waals surface area (Å²) in [6.45, 7) is 4.64. The average Bonchev–Trinajstić information content (AvgIpc) is 3.18. The Labute approximate surface area is 153 Å². The summed E-state index contributed by atoms with van der Waals surface area (Å²) in [5, 5.41) is 16.5.